The standard InChI is InChI=1S/C16H24BrNO/c1-12(2)11-18(13(3)4)10-9-16(19)14-5-7-15(17)8-6-14/h5-8,12-13H,9-11H2,1-4H3. The highest BCUT2D eigenvalue weighted by Gasteiger charge is 2.13. The van der Waals surface area contributed by atoms with Gasteiger partial charge in [-0.2, -0.15) is 0 Å². The van der Waals surface area contributed by atoms with Crippen molar-refractivity contribution in [3.63, 3.8) is 0 Å². The van der Waals surface area contributed by atoms with Gasteiger partial charge in [-0.15, -0.1) is 0 Å². The van der Waals surface area contributed by atoms with Crippen LogP contribution in [0.1, 0.15) is 44.5 Å². The van der Waals surface area contributed by atoms with Crippen molar-refractivity contribution in [2.45, 2.75) is 40.2 Å². The summed E-state index contributed by atoms with van der Waals surface area (Å²) in [6, 6.07) is 8.09. The highest BCUT2D eigenvalue weighted by Crippen LogP contribution is 2.13. The lowest BCUT2D eigenvalue weighted by Gasteiger charge is -2.27. The van der Waals surface area contributed by atoms with Crippen LogP contribution < -0.4 is 0 Å². The van der Waals surface area contributed by atoms with Gasteiger partial charge in [0.05, 0.1) is 0 Å². The van der Waals surface area contributed by atoms with Crippen molar-refractivity contribution in [1.82, 2.24) is 4.90 Å². The summed E-state index contributed by atoms with van der Waals surface area (Å²) in [5.74, 6) is 0.854. The molecule has 0 aliphatic rings. The third-order valence-electron chi connectivity index (χ3n) is 3.12. The predicted molar refractivity (Wildman–Crippen MR) is 84.6 cm³/mol. The number of carbonyl (C=O) groups is 1. The number of hydrogen-bond acceptors (Lipinski definition) is 2. The van der Waals surface area contributed by atoms with Crippen LogP contribution in [0.15, 0.2) is 28.7 Å². The Morgan fingerprint density at radius 2 is 1.74 bits per heavy atom. The topological polar surface area (TPSA) is 20.3 Å². The van der Waals surface area contributed by atoms with Gasteiger partial charge in [-0.05, 0) is 31.9 Å². The molecule has 0 heterocycles. The Morgan fingerprint density at radius 3 is 2.21 bits per heavy atom. The zero-order chi connectivity index (χ0) is 14.4. The Morgan fingerprint density at radius 1 is 1.16 bits per heavy atom. The molecule has 0 radical (unpaired) electrons. The van der Waals surface area contributed by atoms with E-state index < -0.39 is 0 Å². The van der Waals surface area contributed by atoms with Gasteiger partial charge in [0, 0.05) is 35.6 Å². The largest absolute Gasteiger partial charge is 0.300 e. The van der Waals surface area contributed by atoms with Gasteiger partial charge < -0.3 is 4.90 Å². The SMILES string of the molecule is CC(C)CN(CCC(=O)c1ccc(Br)cc1)C(C)C. The van der Waals surface area contributed by atoms with Gasteiger partial charge in [0.15, 0.2) is 5.78 Å². The molecule has 0 aliphatic heterocycles. The lowest BCUT2D eigenvalue weighted by Crippen LogP contribution is -2.35. The molecule has 0 aromatic heterocycles. The van der Waals surface area contributed by atoms with E-state index in [0.29, 0.717) is 18.4 Å². The molecule has 0 unspecified atom stereocenters. The molecule has 0 saturated carbocycles. The van der Waals surface area contributed by atoms with Crippen molar-refractivity contribution < 1.29 is 4.79 Å². The number of nitrogens with zero attached hydrogens (tertiary/aromatic N) is 1. The molecular weight excluding hydrogens is 302 g/mol. The van der Waals surface area contributed by atoms with Gasteiger partial charge in [0.1, 0.15) is 0 Å². The minimum absolute atomic E-state index is 0.224. The molecule has 1 rings (SSSR count). The summed E-state index contributed by atoms with van der Waals surface area (Å²) < 4.78 is 1.01. The number of carbonyl (C=O) groups excluding carboxylic acids is 1. The van der Waals surface area contributed by atoms with Crippen LogP contribution in [0.2, 0.25) is 0 Å². The first-order chi connectivity index (χ1) is 8.90. The number of Topliss-reactive ketones (excluding diaryl/α,β-unsaturated/α-hetero) is 1. The molecule has 0 fully saturated rings. The fourth-order valence-corrected chi connectivity index (χ4v) is 2.32. The molecule has 0 bridgehead atoms. The molecule has 0 atom stereocenters. The second-order valence-corrected chi connectivity index (χ2v) is 6.58. The van der Waals surface area contributed by atoms with Gasteiger partial charge in [-0.25, -0.2) is 0 Å². The number of hydrogen-bond donors (Lipinski definition) is 0. The maximum absolute atomic E-state index is 12.1. The minimum Gasteiger partial charge on any atom is -0.300 e. The van der Waals surface area contributed by atoms with Gasteiger partial charge in [0.25, 0.3) is 0 Å². The summed E-state index contributed by atoms with van der Waals surface area (Å²) in [4.78, 5) is 14.5. The molecule has 0 saturated heterocycles. The average Bonchev–Trinajstić information content (AvgIpc) is 2.34. The predicted octanol–water partition coefficient (Wildman–Crippen LogP) is 4.39. The molecule has 0 spiro atoms. The van der Waals surface area contributed by atoms with E-state index in [2.05, 4.69) is 48.5 Å². The third-order valence-corrected chi connectivity index (χ3v) is 3.65. The van der Waals surface area contributed by atoms with E-state index >= 15 is 0 Å². The van der Waals surface area contributed by atoms with Crippen LogP contribution in [0.25, 0.3) is 0 Å². The first-order valence-corrected chi connectivity index (χ1v) is 7.72. The summed E-state index contributed by atoms with van der Waals surface area (Å²) in [5.41, 5.74) is 0.802. The molecule has 106 valence electrons. The van der Waals surface area contributed by atoms with Crippen LogP contribution in [-0.2, 0) is 0 Å². The van der Waals surface area contributed by atoms with E-state index in [1.54, 1.807) is 0 Å². The summed E-state index contributed by atoms with van der Waals surface area (Å²) in [5, 5.41) is 0. The highest BCUT2D eigenvalue weighted by molar-refractivity contribution is 9.10. The lowest BCUT2D eigenvalue weighted by molar-refractivity contribution is 0.0950. The molecule has 0 amide bonds. The zero-order valence-corrected chi connectivity index (χ0v) is 13.9. The summed E-state index contributed by atoms with van der Waals surface area (Å²) in [6.45, 7) is 10.7. The van der Waals surface area contributed by atoms with Crippen molar-refractivity contribution in [1.29, 1.82) is 0 Å². The first-order valence-electron chi connectivity index (χ1n) is 6.93. The average molecular weight is 326 g/mol. The quantitative estimate of drug-likeness (QED) is 0.693. The molecule has 1 aromatic rings. The second kappa shape index (κ2) is 7.81. The van der Waals surface area contributed by atoms with Crippen molar-refractivity contribution in [2.24, 2.45) is 5.92 Å². The van der Waals surface area contributed by atoms with E-state index in [9.17, 15) is 4.79 Å². The van der Waals surface area contributed by atoms with Crippen LogP contribution in [0.5, 0.6) is 0 Å². The highest BCUT2D eigenvalue weighted by atomic mass is 79.9. The smallest absolute Gasteiger partial charge is 0.164 e. The first kappa shape index (κ1) is 16.4. The molecule has 2 nitrogen and oxygen atoms in total. The molecule has 3 heteroatoms. The fraction of sp³-hybridized carbons (Fsp3) is 0.562. The van der Waals surface area contributed by atoms with E-state index in [-0.39, 0.29) is 5.78 Å². The molecule has 0 aliphatic carbocycles. The number of halogens is 1. The van der Waals surface area contributed by atoms with Crippen molar-refractivity contribution in [3.8, 4) is 0 Å². The molecule has 19 heavy (non-hydrogen) atoms. The maximum atomic E-state index is 12.1. The van der Waals surface area contributed by atoms with Crippen molar-refractivity contribution >= 4 is 21.7 Å². The van der Waals surface area contributed by atoms with E-state index in [4.69, 9.17) is 0 Å². The van der Waals surface area contributed by atoms with Crippen LogP contribution in [0, 0.1) is 5.92 Å². The van der Waals surface area contributed by atoms with E-state index in [0.717, 1.165) is 23.1 Å². The van der Waals surface area contributed by atoms with Crippen molar-refractivity contribution in [3.05, 3.63) is 34.3 Å². The zero-order valence-electron chi connectivity index (χ0n) is 12.3. The normalized spacial score (nSPS) is 11.6. The van der Waals surface area contributed by atoms with Gasteiger partial charge >= 0.3 is 0 Å². The van der Waals surface area contributed by atoms with Gasteiger partial charge in [-0.1, -0.05) is 41.9 Å². The van der Waals surface area contributed by atoms with Crippen molar-refractivity contribution in [2.75, 3.05) is 13.1 Å². The van der Waals surface area contributed by atoms with Gasteiger partial charge in [0.2, 0.25) is 0 Å². The van der Waals surface area contributed by atoms with Crippen LogP contribution in [0.4, 0.5) is 0 Å². The van der Waals surface area contributed by atoms with Crippen LogP contribution in [-0.4, -0.2) is 29.8 Å². The summed E-state index contributed by atoms with van der Waals surface area (Å²) in [6.07, 6.45) is 0.590. The monoisotopic (exact) mass is 325 g/mol. The number of rotatable bonds is 7. The summed E-state index contributed by atoms with van der Waals surface area (Å²) >= 11 is 3.38. The van der Waals surface area contributed by atoms with Crippen LogP contribution in [0.3, 0.4) is 0 Å². The Balaban J connectivity index is 2.54. The third kappa shape index (κ3) is 5.87. The van der Waals surface area contributed by atoms with E-state index in [1.807, 2.05) is 24.3 Å². The molecule has 0 N–H and O–H groups in total. The second-order valence-electron chi connectivity index (χ2n) is 5.66. The molecular formula is C16H24BrNO. The summed E-state index contributed by atoms with van der Waals surface area (Å²) in [7, 11) is 0. The Kier molecular flexibility index (Phi) is 6.73. The number of ketones is 1. The number of benzene rings is 1. The Hall–Kier alpha value is -0.670. The Bertz CT molecular complexity index is 398. The maximum Gasteiger partial charge on any atom is 0.164 e. The fourth-order valence-electron chi connectivity index (χ4n) is 2.05. The Labute approximate surface area is 125 Å². The van der Waals surface area contributed by atoms with Crippen LogP contribution >= 0.6 is 15.9 Å². The van der Waals surface area contributed by atoms with E-state index in [1.165, 1.54) is 0 Å². The molecule has 1 aromatic carbocycles. The minimum atomic E-state index is 0.224. The van der Waals surface area contributed by atoms with Gasteiger partial charge in [-0.3, -0.25) is 4.79 Å². The lowest BCUT2D eigenvalue weighted by atomic mass is 10.1.